The van der Waals surface area contributed by atoms with Gasteiger partial charge in [0, 0.05) is 13.1 Å². The van der Waals surface area contributed by atoms with Crippen LogP contribution in [0.1, 0.15) is 23.7 Å². The molecular weight excluding hydrogens is 289 g/mol. The highest BCUT2D eigenvalue weighted by molar-refractivity contribution is 6.05. The van der Waals surface area contributed by atoms with Gasteiger partial charge < -0.3 is 15.0 Å². The molecule has 2 N–H and O–H groups in total. The van der Waals surface area contributed by atoms with Crippen molar-refractivity contribution in [1.29, 1.82) is 0 Å². The molecule has 1 amide bonds. The van der Waals surface area contributed by atoms with Gasteiger partial charge >= 0.3 is 5.97 Å². The predicted octanol–water partition coefficient (Wildman–Crippen LogP) is 1.88. The number of rotatable bonds is 2. The summed E-state index contributed by atoms with van der Waals surface area (Å²) in [6.07, 6.45) is 1.94. The molecule has 0 saturated carbocycles. The number of halogens is 1. The number of amides is 1. The van der Waals surface area contributed by atoms with Crippen molar-refractivity contribution in [2.75, 3.05) is 13.1 Å². The summed E-state index contributed by atoms with van der Waals surface area (Å²) >= 11 is 0. The number of aromatic amines is 1. The number of piperidine rings is 1. The number of imidazole rings is 1. The van der Waals surface area contributed by atoms with Crippen molar-refractivity contribution in [2.24, 2.45) is 11.8 Å². The Bertz CT molecular complexity index is 743. The number of hydrogen-bond acceptors (Lipinski definition) is 3. The van der Waals surface area contributed by atoms with Crippen LogP contribution in [0.15, 0.2) is 18.5 Å². The summed E-state index contributed by atoms with van der Waals surface area (Å²) in [5, 5.41) is 9.19. The molecule has 0 aliphatic carbocycles. The molecule has 0 bridgehead atoms. The Kier molecular flexibility index (Phi) is 3.56. The Balaban J connectivity index is 1.95. The van der Waals surface area contributed by atoms with Gasteiger partial charge in [0.05, 0.1) is 23.3 Å². The Hall–Kier alpha value is -2.44. The third-order valence-corrected chi connectivity index (χ3v) is 4.01. The van der Waals surface area contributed by atoms with E-state index < -0.39 is 17.7 Å². The zero-order chi connectivity index (χ0) is 15.9. The monoisotopic (exact) mass is 305 g/mol. The fraction of sp³-hybridized carbons (Fsp3) is 0.400. The summed E-state index contributed by atoms with van der Waals surface area (Å²) in [6.45, 7) is 2.51. The van der Waals surface area contributed by atoms with E-state index in [1.165, 1.54) is 17.3 Å². The number of carboxylic acid groups (broad SMARTS) is 1. The topological polar surface area (TPSA) is 86.3 Å². The summed E-state index contributed by atoms with van der Waals surface area (Å²) in [6, 6.07) is 2.43. The first-order valence-electron chi connectivity index (χ1n) is 7.10. The molecule has 22 heavy (non-hydrogen) atoms. The molecule has 2 heterocycles. The van der Waals surface area contributed by atoms with Crippen LogP contribution in [0.25, 0.3) is 11.0 Å². The van der Waals surface area contributed by atoms with Gasteiger partial charge in [-0.2, -0.15) is 0 Å². The average Bonchev–Trinajstić information content (AvgIpc) is 2.92. The fourth-order valence-corrected chi connectivity index (χ4v) is 3.04. The van der Waals surface area contributed by atoms with Crippen molar-refractivity contribution in [2.45, 2.75) is 13.3 Å². The second kappa shape index (κ2) is 5.40. The normalized spacial score (nSPS) is 22.0. The maximum atomic E-state index is 13.7. The lowest BCUT2D eigenvalue weighted by Crippen LogP contribution is -2.45. The smallest absolute Gasteiger partial charge is 0.308 e. The molecule has 3 rings (SSSR count). The second-order valence-corrected chi connectivity index (χ2v) is 5.84. The summed E-state index contributed by atoms with van der Waals surface area (Å²) < 4.78 is 13.7. The van der Waals surface area contributed by atoms with Gasteiger partial charge in [0.25, 0.3) is 5.91 Å². The molecule has 1 aliphatic rings. The summed E-state index contributed by atoms with van der Waals surface area (Å²) in [4.78, 5) is 32.2. The SMILES string of the molecule is CC1CC(C(=O)O)CN(C(=O)c2cc(F)cc3[nH]cnc23)C1. The highest BCUT2D eigenvalue weighted by atomic mass is 19.1. The molecule has 2 unspecified atom stereocenters. The number of carbonyl (C=O) groups excluding carboxylic acids is 1. The molecule has 116 valence electrons. The maximum Gasteiger partial charge on any atom is 0.308 e. The Labute approximate surface area is 125 Å². The number of nitrogens with zero attached hydrogens (tertiary/aromatic N) is 2. The van der Waals surface area contributed by atoms with Crippen molar-refractivity contribution in [3.63, 3.8) is 0 Å². The van der Waals surface area contributed by atoms with Crippen molar-refractivity contribution in [3.8, 4) is 0 Å². The number of nitrogens with one attached hydrogen (secondary N) is 1. The molecule has 1 aromatic carbocycles. The molecular formula is C15H16FN3O3. The summed E-state index contributed by atoms with van der Waals surface area (Å²) in [5.41, 5.74) is 1.01. The minimum atomic E-state index is -0.909. The van der Waals surface area contributed by atoms with Crippen LogP contribution < -0.4 is 0 Å². The predicted molar refractivity (Wildman–Crippen MR) is 76.9 cm³/mol. The van der Waals surface area contributed by atoms with E-state index >= 15 is 0 Å². The molecule has 6 nitrogen and oxygen atoms in total. The summed E-state index contributed by atoms with van der Waals surface area (Å²) in [7, 11) is 0. The number of carboxylic acids is 1. The van der Waals surface area contributed by atoms with E-state index in [0.29, 0.717) is 24.0 Å². The highest BCUT2D eigenvalue weighted by Crippen LogP contribution is 2.25. The summed E-state index contributed by atoms with van der Waals surface area (Å²) in [5.74, 6) is -2.32. The molecule has 2 atom stereocenters. The fourth-order valence-electron chi connectivity index (χ4n) is 3.04. The van der Waals surface area contributed by atoms with Crippen LogP contribution in [0.4, 0.5) is 4.39 Å². The molecule has 7 heteroatoms. The van der Waals surface area contributed by atoms with Gasteiger partial charge in [0.15, 0.2) is 0 Å². The van der Waals surface area contributed by atoms with Gasteiger partial charge in [-0.15, -0.1) is 0 Å². The minimum Gasteiger partial charge on any atom is -0.481 e. The molecule has 1 aliphatic heterocycles. The Morgan fingerprint density at radius 3 is 2.91 bits per heavy atom. The lowest BCUT2D eigenvalue weighted by molar-refractivity contribution is -0.143. The number of aromatic nitrogens is 2. The van der Waals surface area contributed by atoms with Crippen LogP contribution >= 0.6 is 0 Å². The van der Waals surface area contributed by atoms with Crippen LogP contribution in [0.2, 0.25) is 0 Å². The Morgan fingerprint density at radius 2 is 2.18 bits per heavy atom. The van der Waals surface area contributed by atoms with Crippen LogP contribution in [0, 0.1) is 17.7 Å². The van der Waals surface area contributed by atoms with Crippen LogP contribution in [0.5, 0.6) is 0 Å². The van der Waals surface area contributed by atoms with Gasteiger partial charge in [-0.1, -0.05) is 6.92 Å². The molecule has 0 radical (unpaired) electrons. The largest absolute Gasteiger partial charge is 0.481 e. The van der Waals surface area contributed by atoms with E-state index in [1.54, 1.807) is 0 Å². The molecule has 2 aromatic rings. The molecule has 1 saturated heterocycles. The van der Waals surface area contributed by atoms with Gasteiger partial charge in [0.1, 0.15) is 11.3 Å². The van der Waals surface area contributed by atoms with Crippen molar-refractivity contribution < 1.29 is 19.1 Å². The standard InChI is InChI=1S/C15H16FN3O3/c1-8-2-9(15(21)22)6-19(5-8)14(20)11-3-10(16)4-12-13(11)18-7-17-12/h3-4,7-9H,2,5-6H2,1H3,(H,17,18)(H,21,22). The number of hydrogen-bond donors (Lipinski definition) is 2. The van der Waals surface area contributed by atoms with Crippen LogP contribution in [-0.4, -0.2) is 44.9 Å². The lowest BCUT2D eigenvalue weighted by atomic mass is 9.90. The van der Waals surface area contributed by atoms with E-state index in [4.69, 9.17) is 0 Å². The van der Waals surface area contributed by atoms with Gasteiger partial charge in [0.2, 0.25) is 0 Å². The number of H-pyrrole nitrogens is 1. The molecule has 1 fully saturated rings. The number of benzene rings is 1. The first-order valence-corrected chi connectivity index (χ1v) is 7.10. The highest BCUT2D eigenvalue weighted by Gasteiger charge is 2.33. The van der Waals surface area contributed by atoms with Crippen molar-refractivity contribution in [1.82, 2.24) is 14.9 Å². The van der Waals surface area contributed by atoms with E-state index in [0.717, 1.165) is 6.07 Å². The van der Waals surface area contributed by atoms with Gasteiger partial charge in [-0.25, -0.2) is 9.37 Å². The second-order valence-electron chi connectivity index (χ2n) is 5.84. The zero-order valence-electron chi connectivity index (χ0n) is 12.0. The first-order chi connectivity index (χ1) is 10.5. The first kappa shape index (κ1) is 14.5. The molecule has 1 aromatic heterocycles. The number of carbonyl (C=O) groups is 2. The van der Waals surface area contributed by atoms with E-state index in [1.807, 2.05) is 6.92 Å². The quantitative estimate of drug-likeness (QED) is 0.887. The van der Waals surface area contributed by atoms with Crippen molar-refractivity contribution in [3.05, 3.63) is 29.8 Å². The average molecular weight is 305 g/mol. The third kappa shape index (κ3) is 2.54. The van der Waals surface area contributed by atoms with E-state index in [2.05, 4.69) is 9.97 Å². The number of aliphatic carboxylic acids is 1. The van der Waals surface area contributed by atoms with Crippen LogP contribution in [0.3, 0.4) is 0 Å². The maximum absolute atomic E-state index is 13.7. The van der Waals surface area contributed by atoms with Gasteiger partial charge in [-0.3, -0.25) is 9.59 Å². The Morgan fingerprint density at radius 1 is 1.41 bits per heavy atom. The lowest BCUT2D eigenvalue weighted by Gasteiger charge is -2.34. The zero-order valence-corrected chi connectivity index (χ0v) is 12.0. The third-order valence-electron chi connectivity index (χ3n) is 4.01. The van der Waals surface area contributed by atoms with E-state index in [-0.39, 0.29) is 23.9 Å². The van der Waals surface area contributed by atoms with Crippen LogP contribution in [-0.2, 0) is 4.79 Å². The van der Waals surface area contributed by atoms with Gasteiger partial charge in [-0.05, 0) is 24.5 Å². The number of fused-ring (bicyclic) bond motifs is 1. The van der Waals surface area contributed by atoms with E-state index in [9.17, 15) is 19.1 Å². The van der Waals surface area contributed by atoms with Crippen molar-refractivity contribution >= 4 is 22.9 Å². The molecule has 0 spiro atoms. The minimum absolute atomic E-state index is 0.0852. The number of likely N-dealkylation sites (tertiary alicyclic amines) is 1.